The molecule has 1 aromatic carbocycles. The van der Waals surface area contributed by atoms with Crippen molar-refractivity contribution >= 4 is 41.8 Å². The minimum Gasteiger partial charge on any atom is -0.384 e. The van der Waals surface area contributed by atoms with Crippen LogP contribution in [0.15, 0.2) is 24.3 Å². The number of benzene rings is 1. The number of nitrogens with one attached hydrogen (secondary N) is 2. The van der Waals surface area contributed by atoms with E-state index in [-0.39, 0.29) is 30.7 Å². The van der Waals surface area contributed by atoms with Gasteiger partial charge in [-0.3, -0.25) is 4.79 Å². The highest BCUT2D eigenvalue weighted by Crippen LogP contribution is 2.29. The molecule has 1 saturated heterocycles. The van der Waals surface area contributed by atoms with Crippen molar-refractivity contribution in [3.05, 3.63) is 30.1 Å². The van der Waals surface area contributed by atoms with Crippen molar-refractivity contribution in [3.8, 4) is 0 Å². The second-order valence-corrected chi connectivity index (χ2v) is 6.22. The second kappa shape index (κ2) is 9.38. The lowest BCUT2D eigenvalue weighted by Crippen LogP contribution is -2.50. The van der Waals surface area contributed by atoms with Gasteiger partial charge in [-0.05, 0) is 38.1 Å². The average Bonchev–Trinajstić information content (AvgIpc) is 2.90. The first-order valence-corrected chi connectivity index (χ1v) is 8.04. The number of ether oxygens (including phenoxy) is 1. The van der Waals surface area contributed by atoms with Crippen molar-refractivity contribution in [2.45, 2.75) is 19.4 Å². The molecule has 2 heterocycles. The SMILES string of the molecule is COCC1(C(=O)NCc2nc3ccccc3n2C)CCNCC1.Cl.Cl. The lowest BCUT2D eigenvalue weighted by Gasteiger charge is -2.35. The number of hydrogen-bond acceptors (Lipinski definition) is 4. The molecule has 8 heteroatoms. The maximum atomic E-state index is 12.8. The third-order valence-corrected chi connectivity index (χ3v) is 4.75. The van der Waals surface area contributed by atoms with Gasteiger partial charge in [0, 0.05) is 14.2 Å². The van der Waals surface area contributed by atoms with Crippen LogP contribution in [0.1, 0.15) is 18.7 Å². The number of aryl methyl sites for hydroxylation is 1. The molecule has 0 atom stereocenters. The first-order chi connectivity index (χ1) is 11.2. The van der Waals surface area contributed by atoms with Crippen LogP contribution in [0.2, 0.25) is 0 Å². The Bertz CT molecular complexity index is 694. The van der Waals surface area contributed by atoms with Gasteiger partial charge in [0.1, 0.15) is 5.82 Å². The Balaban J connectivity index is 0.00000156. The van der Waals surface area contributed by atoms with E-state index < -0.39 is 5.41 Å². The molecule has 0 bridgehead atoms. The molecule has 25 heavy (non-hydrogen) atoms. The number of amides is 1. The summed E-state index contributed by atoms with van der Waals surface area (Å²) in [7, 11) is 3.63. The van der Waals surface area contributed by atoms with Crippen LogP contribution >= 0.6 is 24.8 Å². The number of carbonyl (C=O) groups excluding carboxylic acids is 1. The maximum absolute atomic E-state index is 12.8. The van der Waals surface area contributed by atoms with Gasteiger partial charge in [-0.1, -0.05) is 12.1 Å². The summed E-state index contributed by atoms with van der Waals surface area (Å²) in [6.07, 6.45) is 1.60. The van der Waals surface area contributed by atoms with Crippen molar-refractivity contribution < 1.29 is 9.53 Å². The van der Waals surface area contributed by atoms with Gasteiger partial charge in [0.15, 0.2) is 0 Å². The zero-order valence-corrected chi connectivity index (χ0v) is 16.2. The van der Waals surface area contributed by atoms with E-state index in [4.69, 9.17) is 4.74 Å². The van der Waals surface area contributed by atoms with Gasteiger partial charge in [0.25, 0.3) is 0 Å². The molecule has 6 nitrogen and oxygen atoms in total. The van der Waals surface area contributed by atoms with E-state index in [9.17, 15) is 4.79 Å². The quantitative estimate of drug-likeness (QED) is 0.822. The highest BCUT2D eigenvalue weighted by molar-refractivity contribution is 5.85. The van der Waals surface area contributed by atoms with E-state index in [2.05, 4.69) is 15.6 Å². The molecule has 1 aromatic heterocycles. The molecular weight excluding hydrogens is 363 g/mol. The highest BCUT2D eigenvalue weighted by Gasteiger charge is 2.39. The third kappa shape index (κ3) is 4.44. The summed E-state index contributed by atoms with van der Waals surface area (Å²) >= 11 is 0. The molecule has 140 valence electrons. The number of fused-ring (bicyclic) bond motifs is 1. The third-order valence-electron chi connectivity index (χ3n) is 4.75. The number of rotatable bonds is 5. The highest BCUT2D eigenvalue weighted by atomic mass is 35.5. The van der Waals surface area contributed by atoms with Crippen LogP contribution in [0.5, 0.6) is 0 Å². The van der Waals surface area contributed by atoms with E-state index in [0.29, 0.717) is 13.2 Å². The summed E-state index contributed by atoms with van der Waals surface area (Å²) in [6.45, 7) is 2.60. The van der Waals surface area contributed by atoms with E-state index in [1.54, 1.807) is 7.11 Å². The number of aromatic nitrogens is 2. The molecule has 1 aliphatic rings. The predicted octanol–water partition coefficient (Wildman–Crippen LogP) is 2.05. The lowest BCUT2D eigenvalue weighted by molar-refractivity contribution is -0.136. The summed E-state index contributed by atoms with van der Waals surface area (Å²) < 4.78 is 7.35. The Morgan fingerprint density at radius 2 is 2.00 bits per heavy atom. The first kappa shape index (κ1) is 21.7. The molecular formula is C17H26Cl2N4O2. The lowest BCUT2D eigenvalue weighted by atomic mass is 9.78. The fraction of sp³-hybridized carbons (Fsp3) is 0.529. The van der Waals surface area contributed by atoms with Crippen molar-refractivity contribution in [2.75, 3.05) is 26.8 Å². The molecule has 2 aromatic rings. The van der Waals surface area contributed by atoms with Gasteiger partial charge in [-0.25, -0.2) is 4.98 Å². The van der Waals surface area contributed by atoms with Gasteiger partial charge < -0.3 is 19.9 Å². The second-order valence-electron chi connectivity index (χ2n) is 6.22. The van der Waals surface area contributed by atoms with Crippen molar-refractivity contribution in [1.29, 1.82) is 0 Å². The van der Waals surface area contributed by atoms with Crippen LogP contribution in [0.4, 0.5) is 0 Å². The number of para-hydroxylation sites is 2. The Morgan fingerprint density at radius 1 is 1.32 bits per heavy atom. The number of piperidine rings is 1. The monoisotopic (exact) mass is 388 g/mol. The fourth-order valence-corrected chi connectivity index (χ4v) is 3.32. The van der Waals surface area contributed by atoms with Crippen LogP contribution in [-0.2, 0) is 23.1 Å². The molecule has 1 fully saturated rings. The molecule has 0 aliphatic carbocycles. The van der Waals surface area contributed by atoms with Crippen molar-refractivity contribution in [3.63, 3.8) is 0 Å². The summed E-state index contributed by atoms with van der Waals surface area (Å²) in [5.74, 6) is 0.925. The van der Waals surface area contributed by atoms with E-state index in [0.717, 1.165) is 42.8 Å². The van der Waals surface area contributed by atoms with E-state index in [1.807, 2.05) is 35.9 Å². The number of carbonyl (C=O) groups is 1. The summed E-state index contributed by atoms with van der Waals surface area (Å²) in [5.41, 5.74) is 1.60. The molecule has 0 spiro atoms. The Morgan fingerprint density at radius 3 is 2.64 bits per heavy atom. The van der Waals surface area contributed by atoms with Gasteiger partial charge in [-0.15, -0.1) is 24.8 Å². The van der Waals surface area contributed by atoms with Gasteiger partial charge in [0.05, 0.1) is 29.6 Å². The van der Waals surface area contributed by atoms with Crippen LogP contribution in [0.25, 0.3) is 11.0 Å². The fourth-order valence-electron chi connectivity index (χ4n) is 3.32. The number of nitrogens with zero attached hydrogens (tertiary/aromatic N) is 2. The van der Waals surface area contributed by atoms with Crippen molar-refractivity contribution in [2.24, 2.45) is 12.5 Å². The molecule has 0 saturated carbocycles. The number of halogens is 2. The van der Waals surface area contributed by atoms with E-state index >= 15 is 0 Å². The van der Waals surface area contributed by atoms with Gasteiger partial charge in [-0.2, -0.15) is 0 Å². The van der Waals surface area contributed by atoms with Gasteiger partial charge >= 0.3 is 0 Å². The van der Waals surface area contributed by atoms with Crippen LogP contribution in [0, 0.1) is 5.41 Å². The topological polar surface area (TPSA) is 68.2 Å². The Hall–Kier alpha value is -1.34. The smallest absolute Gasteiger partial charge is 0.229 e. The normalized spacial score (nSPS) is 15.9. The van der Waals surface area contributed by atoms with Crippen molar-refractivity contribution in [1.82, 2.24) is 20.2 Å². The molecule has 1 aliphatic heterocycles. The Labute approximate surface area is 160 Å². The largest absolute Gasteiger partial charge is 0.384 e. The molecule has 0 radical (unpaired) electrons. The zero-order chi connectivity index (χ0) is 16.3. The zero-order valence-electron chi connectivity index (χ0n) is 14.6. The van der Waals surface area contributed by atoms with Crippen LogP contribution < -0.4 is 10.6 Å². The predicted molar refractivity (Wildman–Crippen MR) is 103 cm³/mol. The maximum Gasteiger partial charge on any atom is 0.229 e. The van der Waals surface area contributed by atoms with Crippen LogP contribution in [-0.4, -0.2) is 42.3 Å². The minimum absolute atomic E-state index is 0. The average molecular weight is 389 g/mol. The summed E-state index contributed by atoms with van der Waals surface area (Å²) in [6, 6.07) is 7.99. The molecule has 1 amide bonds. The molecule has 3 rings (SSSR count). The summed E-state index contributed by atoms with van der Waals surface area (Å²) in [5, 5.41) is 6.37. The van der Waals surface area contributed by atoms with Gasteiger partial charge in [0.2, 0.25) is 5.91 Å². The minimum atomic E-state index is -0.426. The summed E-state index contributed by atoms with van der Waals surface area (Å²) in [4.78, 5) is 17.4. The standard InChI is InChI=1S/C17H24N4O2.2ClH/c1-21-14-6-4-3-5-13(14)20-15(21)11-19-16(22)17(12-23-2)7-9-18-10-8-17;;/h3-6,18H,7-12H2,1-2H3,(H,19,22);2*1H. The Kier molecular flexibility index (Phi) is 8.15. The van der Waals surface area contributed by atoms with E-state index in [1.165, 1.54) is 0 Å². The molecule has 0 unspecified atom stereocenters. The number of hydrogen-bond donors (Lipinski definition) is 2. The van der Waals surface area contributed by atoms with Crippen LogP contribution in [0.3, 0.4) is 0 Å². The molecule has 2 N–H and O–H groups in total. The first-order valence-electron chi connectivity index (χ1n) is 8.04. The number of methoxy groups -OCH3 is 1. The number of imidazole rings is 1.